The van der Waals surface area contributed by atoms with Crippen molar-refractivity contribution in [1.29, 1.82) is 0 Å². The predicted octanol–water partition coefficient (Wildman–Crippen LogP) is 3.74. The van der Waals surface area contributed by atoms with Gasteiger partial charge in [0.1, 0.15) is 0 Å². The van der Waals surface area contributed by atoms with Crippen molar-refractivity contribution in [2.75, 3.05) is 0 Å². The van der Waals surface area contributed by atoms with Crippen LogP contribution in [0.25, 0.3) is 0 Å². The molecule has 0 atom stereocenters. The summed E-state index contributed by atoms with van der Waals surface area (Å²) in [6, 6.07) is 4.49. The number of carbonyl (C=O) groups excluding carboxylic acids is 1. The molecular weight excluding hydrogens is 219 g/mol. The first-order valence-electron chi connectivity index (χ1n) is 6.14. The van der Waals surface area contributed by atoms with Crippen molar-refractivity contribution < 1.29 is 13.9 Å². The van der Waals surface area contributed by atoms with E-state index in [1.165, 1.54) is 19.4 Å². The Kier molecular flexibility index (Phi) is 3.77. The van der Waals surface area contributed by atoms with Crippen LogP contribution >= 0.6 is 0 Å². The van der Waals surface area contributed by atoms with Gasteiger partial charge in [0.15, 0.2) is 17.3 Å². The largest absolute Gasteiger partial charge is 0.487 e. The smallest absolute Gasteiger partial charge is 0.166 e. The van der Waals surface area contributed by atoms with Gasteiger partial charge in [-0.1, -0.05) is 12.5 Å². The van der Waals surface area contributed by atoms with Crippen molar-refractivity contribution in [3.05, 3.63) is 29.6 Å². The van der Waals surface area contributed by atoms with Gasteiger partial charge < -0.3 is 4.74 Å². The van der Waals surface area contributed by atoms with Crippen LogP contribution in [0, 0.1) is 5.82 Å². The number of Topliss-reactive ketones (excluding diaryl/α,β-unsaturated/α-hetero) is 1. The molecule has 0 spiro atoms. The molecule has 1 aromatic rings. The lowest BCUT2D eigenvalue weighted by Crippen LogP contribution is -2.21. The molecule has 92 valence electrons. The molecule has 0 heterocycles. The highest BCUT2D eigenvalue weighted by Gasteiger charge is 2.20. The van der Waals surface area contributed by atoms with E-state index in [1.807, 2.05) is 0 Å². The number of ether oxygens (including phenoxy) is 1. The Morgan fingerprint density at radius 3 is 2.65 bits per heavy atom. The lowest BCUT2D eigenvalue weighted by Gasteiger charge is -2.24. The van der Waals surface area contributed by atoms with Gasteiger partial charge in [0.25, 0.3) is 0 Å². The monoisotopic (exact) mass is 236 g/mol. The number of ketones is 1. The van der Waals surface area contributed by atoms with Crippen LogP contribution in [-0.2, 0) is 0 Å². The average molecular weight is 236 g/mol. The second-order valence-electron chi connectivity index (χ2n) is 4.55. The summed E-state index contributed by atoms with van der Waals surface area (Å²) in [7, 11) is 0. The van der Waals surface area contributed by atoms with Gasteiger partial charge in [-0.05, 0) is 44.7 Å². The summed E-state index contributed by atoms with van der Waals surface area (Å²) in [4.78, 5) is 11.4. The molecule has 0 N–H and O–H groups in total. The molecule has 0 amide bonds. The zero-order valence-corrected chi connectivity index (χ0v) is 10.0. The standard InChI is InChI=1S/C14H17FO2/c1-10(16)12-8-5-9-13(15)14(12)17-11-6-3-2-4-7-11/h5,8-9,11H,2-4,6-7H2,1H3. The Bertz CT molecular complexity index is 409. The molecule has 0 saturated heterocycles. The van der Waals surface area contributed by atoms with Crippen LogP contribution in [0.4, 0.5) is 4.39 Å². The summed E-state index contributed by atoms with van der Waals surface area (Å²) in [6.07, 6.45) is 5.41. The number of benzene rings is 1. The molecule has 1 aliphatic carbocycles. The molecule has 0 aromatic heterocycles. The first kappa shape index (κ1) is 12.1. The van der Waals surface area contributed by atoms with E-state index in [0.29, 0.717) is 5.56 Å². The van der Waals surface area contributed by atoms with Gasteiger partial charge in [0, 0.05) is 0 Å². The predicted molar refractivity (Wildman–Crippen MR) is 63.9 cm³/mol. The highest BCUT2D eigenvalue weighted by Crippen LogP contribution is 2.28. The molecule has 2 rings (SSSR count). The van der Waals surface area contributed by atoms with E-state index in [1.54, 1.807) is 12.1 Å². The van der Waals surface area contributed by atoms with Gasteiger partial charge >= 0.3 is 0 Å². The summed E-state index contributed by atoms with van der Waals surface area (Å²) in [5, 5.41) is 0. The lowest BCUT2D eigenvalue weighted by molar-refractivity contribution is 0.0997. The maximum Gasteiger partial charge on any atom is 0.166 e. The minimum atomic E-state index is -0.441. The van der Waals surface area contributed by atoms with E-state index in [2.05, 4.69) is 0 Å². The molecule has 1 fully saturated rings. The summed E-state index contributed by atoms with van der Waals surface area (Å²) in [5.74, 6) is -0.467. The molecule has 1 aliphatic rings. The van der Waals surface area contributed by atoms with Crippen LogP contribution in [0.3, 0.4) is 0 Å². The Balaban J connectivity index is 2.21. The van der Waals surface area contributed by atoms with Crippen LogP contribution in [0.5, 0.6) is 5.75 Å². The first-order valence-corrected chi connectivity index (χ1v) is 6.14. The van der Waals surface area contributed by atoms with Crippen molar-refractivity contribution >= 4 is 5.78 Å². The third-order valence-corrected chi connectivity index (χ3v) is 3.18. The van der Waals surface area contributed by atoms with Crippen LogP contribution in [-0.4, -0.2) is 11.9 Å². The average Bonchev–Trinajstić information content (AvgIpc) is 2.33. The number of carbonyl (C=O) groups is 1. The molecule has 0 aliphatic heterocycles. The summed E-state index contributed by atoms with van der Waals surface area (Å²) in [5.41, 5.74) is 0.343. The molecule has 17 heavy (non-hydrogen) atoms. The number of rotatable bonds is 3. The third-order valence-electron chi connectivity index (χ3n) is 3.18. The zero-order chi connectivity index (χ0) is 12.3. The SMILES string of the molecule is CC(=O)c1cccc(F)c1OC1CCCCC1. The highest BCUT2D eigenvalue weighted by atomic mass is 19.1. The fourth-order valence-electron chi connectivity index (χ4n) is 2.26. The Morgan fingerprint density at radius 2 is 2.00 bits per heavy atom. The van der Waals surface area contributed by atoms with Crippen molar-refractivity contribution in [3.63, 3.8) is 0 Å². The Labute approximate surface area is 101 Å². The second kappa shape index (κ2) is 5.30. The van der Waals surface area contributed by atoms with Gasteiger partial charge in [-0.15, -0.1) is 0 Å². The normalized spacial score (nSPS) is 16.8. The van der Waals surface area contributed by atoms with Crippen LogP contribution in [0.2, 0.25) is 0 Å². The number of para-hydroxylation sites is 1. The molecular formula is C14H17FO2. The number of hydrogen-bond acceptors (Lipinski definition) is 2. The van der Waals surface area contributed by atoms with E-state index < -0.39 is 5.82 Å². The van der Waals surface area contributed by atoms with Gasteiger partial charge in [0.05, 0.1) is 11.7 Å². The van der Waals surface area contributed by atoms with Crippen molar-refractivity contribution in [2.45, 2.75) is 45.1 Å². The fourth-order valence-corrected chi connectivity index (χ4v) is 2.26. The van der Waals surface area contributed by atoms with Crippen LogP contribution in [0.15, 0.2) is 18.2 Å². The Hall–Kier alpha value is -1.38. The number of hydrogen-bond donors (Lipinski definition) is 0. The van der Waals surface area contributed by atoms with Gasteiger partial charge in [0.2, 0.25) is 0 Å². The maximum absolute atomic E-state index is 13.7. The summed E-state index contributed by atoms with van der Waals surface area (Å²) >= 11 is 0. The topological polar surface area (TPSA) is 26.3 Å². The van der Waals surface area contributed by atoms with Gasteiger partial charge in [-0.25, -0.2) is 4.39 Å². The Morgan fingerprint density at radius 1 is 1.29 bits per heavy atom. The van der Waals surface area contributed by atoms with Gasteiger partial charge in [-0.3, -0.25) is 4.79 Å². The van der Waals surface area contributed by atoms with Crippen LogP contribution in [0.1, 0.15) is 49.4 Å². The van der Waals surface area contributed by atoms with Crippen molar-refractivity contribution in [1.82, 2.24) is 0 Å². The molecule has 1 aromatic carbocycles. The molecule has 0 bridgehead atoms. The van der Waals surface area contributed by atoms with E-state index >= 15 is 0 Å². The summed E-state index contributed by atoms with van der Waals surface area (Å²) < 4.78 is 19.4. The van der Waals surface area contributed by atoms with E-state index in [9.17, 15) is 9.18 Å². The molecule has 3 heteroatoms. The third kappa shape index (κ3) is 2.84. The minimum Gasteiger partial charge on any atom is -0.487 e. The molecule has 2 nitrogen and oxygen atoms in total. The molecule has 0 radical (unpaired) electrons. The quantitative estimate of drug-likeness (QED) is 0.747. The summed E-state index contributed by atoms with van der Waals surface area (Å²) in [6.45, 7) is 1.43. The van der Waals surface area contributed by atoms with Crippen molar-refractivity contribution in [2.24, 2.45) is 0 Å². The van der Waals surface area contributed by atoms with E-state index in [0.717, 1.165) is 25.7 Å². The van der Waals surface area contributed by atoms with Crippen LogP contribution < -0.4 is 4.74 Å². The lowest BCUT2D eigenvalue weighted by atomic mass is 9.97. The highest BCUT2D eigenvalue weighted by molar-refractivity contribution is 5.96. The molecule has 0 unspecified atom stereocenters. The van der Waals surface area contributed by atoms with Crippen molar-refractivity contribution in [3.8, 4) is 5.75 Å². The fraction of sp³-hybridized carbons (Fsp3) is 0.500. The minimum absolute atomic E-state index is 0.0544. The maximum atomic E-state index is 13.7. The number of halogens is 1. The second-order valence-corrected chi connectivity index (χ2v) is 4.55. The zero-order valence-electron chi connectivity index (χ0n) is 10.0. The molecule has 1 saturated carbocycles. The van der Waals surface area contributed by atoms with E-state index in [-0.39, 0.29) is 17.6 Å². The first-order chi connectivity index (χ1) is 8.18. The van der Waals surface area contributed by atoms with E-state index in [4.69, 9.17) is 4.74 Å². The van der Waals surface area contributed by atoms with Gasteiger partial charge in [-0.2, -0.15) is 0 Å².